The summed E-state index contributed by atoms with van der Waals surface area (Å²) < 4.78 is 5.36. The Balaban J connectivity index is 1.24. The first kappa shape index (κ1) is 17.1. The molecule has 1 aromatic carbocycles. The first-order chi connectivity index (χ1) is 12.9. The van der Waals surface area contributed by atoms with E-state index in [1.807, 2.05) is 0 Å². The number of carbonyl (C=O) groups excluding carboxylic acids is 3. The van der Waals surface area contributed by atoms with Crippen molar-refractivity contribution in [2.45, 2.75) is 12.8 Å². The molecule has 5 rings (SSSR count). The van der Waals surface area contributed by atoms with E-state index in [1.54, 1.807) is 12.1 Å². The van der Waals surface area contributed by atoms with E-state index in [0.29, 0.717) is 15.8 Å². The number of halogens is 2. The van der Waals surface area contributed by atoms with Crippen molar-refractivity contribution < 1.29 is 19.1 Å². The Morgan fingerprint density at radius 1 is 1.11 bits per heavy atom. The van der Waals surface area contributed by atoms with Gasteiger partial charge in [0.1, 0.15) is 5.75 Å². The van der Waals surface area contributed by atoms with Gasteiger partial charge in [0.05, 0.1) is 21.9 Å². The van der Waals surface area contributed by atoms with E-state index >= 15 is 0 Å². The number of hydrogen-bond acceptors (Lipinski definition) is 4. The second kappa shape index (κ2) is 5.72. The summed E-state index contributed by atoms with van der Waals surface area (Å²) in [7, 11) is 0. The monoisotopic (exact) mass is 406 g/mol. The number of allylic oxidation sites excluding steroid dienone is 2. The topological polar surface area (TPSA) is 75.7 Å². The van der Waals surface area contributed by atoms with Crippen molar-refractivity contribution in [3.05, 3.63) is 40.4 Å². The van der Waals surface area contributed by atoms with Crippen LogP contribution in [0.5, 0.6) is 5.75 Å². The van der Waals surface area contributed by atoms with Crippen LogP contribution in [-0.2, 0) is 14.4 Å². The van der Waals surface area contributed by atoms with Gasteiger partial charge >= 0.3 is 0 Å². The molecule has 27 heavy (non-hydrogen) atoms. The van der Waals surface area contributed by atoms with Crippen molar-refractivity contribution in [1.82, 2.24) is 10.4 Å². The molecule has 0 radical (unpaired) electrons. The van der Waals surface area contributed by atoms with Crippen LogP contribution >= 0.6 is 23.2 Å². The molecule has 3 amide bonds. The molecule has 6 nitrogen and oxygen atoms in total. The average Bonchev–Trinajstić information content (AvgIpc) is 3.25. The quantitative estimate of drug-likeness (QED) is 0.615. The standard InChI is InChI=1S/C19H16Cl2N2O4/c20-12-4-1-9(7-13(12)21)27-8-14(24)22-23-17(25)15-10-2-3-11(16(15)18(23)26)19(10)5-6-19/h1-4,7,10-11,15-16H,5-6,8H2,(H,22,24)/t10-,11-,15+,16+/m1/s1. The number of fused-ring (bicyclic) bond motifs is 3. The van der Waals surface area contributed by atoms with Crippen molar-refractivity contribution in [3.63, 3.8) is 0 Å². The van der Waals surface area contributed by atoms with E-state index in [9.17, 15) is 14.4 Å². The second-order valence-electron chi connectivity index (χ2n) is 7.63. The largest absolute Gasteiger partial charge is 0.484 e. The maximum Gasteiger partial charge on any atom is 0.276 e. The van der Waals surface area contributed by atoms with Crippen LogP contribution in [-0.4, -0.2) is 29.3 Å². The maximum absolute atomic E-state index is 12.8. The molecular weight excluding hydrogens is 391 g/mol. The lowest BCUT2D eigenvalue weighted by Crippen LogP contribution is -2.49. The Bertz CT molecular complexity index is 877. The minimum atomic E-state index is -0.579. The van der Waals surface area contributed by atoms with Crippen LogP contribution < -0.4 is 10.2 Å². The minimum Gasteiger partial charge on any atom is -0.484 e. The van der Waals surface area contributed by atoms with E-state index in [1.165, 1.54) is 6.07 Å². The summed E-state index contributed by atoms with van der Waals surface area (Å²) in [6, 6.07) is 4.63. The lowest BCUT2D eigenvalue weighted by molar-refractivity contribution is -0.150. The average molecular weight is 407 g/mol. The summed E-state index contributed by atoms with van der Waals surface area (Å²) in [4.78, 5) is 37.8. The third-order valence-corrected chi connectivity index (χ3v) is 7.09. The number of rotatable bonds is 4. The third kappa shape index (κ3) is 2.36. The van der Waals surface area contributed by atoms with E-state index in [-0.39, 0.29) is 47.5 Å². The van der Waals surface area contributed by atoms with Crippen LogP contribution in [0.2, 0.25) is 10.0 Å². The fourth-order valence-corrected chi connectivity index (χ4v) is 5.35. The van der Waals surface area contributed by atoms with Crippen molar-refractivity contribution in [3.8, 4) is 5.75 Å². The fraction of sp³-hybridized carbons (Fsp3) is 0.421. The summed E-state index contributed by atoms with van der Waals surface area (Å²) in [5.74, 6) is -1.26. The molecule has 3 aliphatic carbocycles. The van der Waals surface area contributed by atoms with Gasteiger partial charge in [-0.3, -0.25) is 19.8 Å². The van der Waals surface area contributed by atoms with E-state index in [2.05, 4.69) is 17.6 Å². The van der Waals surface area contributed by atoms with Crippen LogP contribution in [0.15, 0.2) is 30.4 Å². The highest BCUT2D eigenvalue weighted by molar-refractivity contribution is 6.42. The number of benzene rings is 1. The zero-order valence-corrected chi connectivity index (χ0v) is 15.7. The number of nitrogens with one attached hydrogen (secondary N) is 1. The van der Waals surface area contributed by atoms with Crippen molar-refractivity contribution in [1.29, 1.82) is 0 Å². The SMILES string of the molecule is O=C(COc1ccc(Cl)c(Cl)c1)NN1C(=O)[C@@H]2[C@@H](C1=O)[C@H]1C=C[C@H]2C12CC2. The highest BCUT2D eigenvalue weighted by Gasteiger charge is 2.73. The van der Waals surface area contributed by atoms with Gasteiger partial charge in [0, 0.05) is 6.07 Å². The van der Waals surface area contributed by atoms with Crippen molar-refractivity contribution >= 4 is 40.9 Å². The molecule has 1 spiro atoms. The second-order valence-corrected chi connectivity index (χ2v) is 8.45. The zero-order valence-electron chi connectivity index (χ0n) is 14.2. The summed E-state index contributed by atoms with van der Waals surface area (Å²) in [5.41, 5.74) is 2.54. The highest BCUT2D eigenvalue weighted by atomic mass is 35.5. The van der Waals surface area contributed by atoms with Gasteiger partial charge < -0.3 is 4.74 Å². The number of amides is 3. The van der Waals surface area contributed by atoms with E-state index < -0.39 is 5.91 Å². The molecule has 0 unspecified atom stereocenters. The van der Waals surface area contributed by atoms with E-state index in [4.69, 9.17) is 27.9 Å². The number of nitrogens with zero attached hydrogens (tertiary/aromatic N) is 1. The summed E-state index contributed by atoms with van der Waals surface area (Å²) >= 11 is 11.7. The first-order valence-electron chi connectivity index (χ1n) is 8.86. The van der Waals surface area contributed by atoms with Crippen LogP contribution in [0.4, 0.5) is 0 Å². The van der Waals surface area contributed by atoms with Gasteiger partial charge in [-0.15, -0.1) is 0 Å². The van der Waals surface area contributed by atoms with Gasteiger partial charge in [-0.25, -0.2) is 0 Å². The number of carbonyl (C=O) groups is 3. The Morgan fingerprint density at radius 2 is 1.74 bits per heavy atom. The number of imide groups is 1. The van der Waals surface area contributed by atoms with Gasteiger partial charge in [0.15, 0.2) is 6.61 Å². The summed E-state index contributed by atoms with van der Waals surface area (Å²) in [6.07, 6.45) is 6.32. The fourth-order valence-electron chi connectivity index (χ4n) is 5.06. The van der Waals surface area contributed by atoms with Crippen LogP contribution in [0.1, 0.15) is 12.8 Å². The first-order valence-corrected chi connectivity index (χ1v) is 9.61. The van der Waals surface area contributed by atoms with Gasteiger partial charge in [-0.2, -0.15) is 5.01 Å². The number of hydrogen-bond donors (Lipinski definition) is 1. The summed E-state index contributed by atoms with van der Waals surface area (Å²) in [6.45, 7) is -0.348. The molecule has 2 saturated carbocycles. The predicted molar refractivity (Wildman–Crippen MR) is 96.7 cm³/mol. The molecule has 1 heterocycles. The smallest absolute Gasteiger partial charge is 0.276 e. The maximum atomic E-state index is 12.8. The third-order valence-electron chi connectivity index (χ3n) is 6.35. The predicted octanol–water partition coefficient (Wildman–Crippen LogP) is 2.60. The molecule has 1 N–H and O–H groups in total. The molecule has 140 valence electrons. The van der Waals surface area contributed by atoms with Crippen molar-refractivity contribution in [2.24, 2.45) is 29.1 Å². The Hall–Kier alpha value is -2.05. The van der Waals surface area contributed by atoms with Gasteiger partial charge in [-0.05, 0) is 42.2 Å². The number of hydrazine groups is 1. The minimum absolute atomic E-state index is 0.123. The van der Waals surface area contributed by atoms with Gasteiger partial charge in [-0.1, -0.05) is 35.4 Å². The van der Waals surface area contributed by atoms with Crippen molar-refractivity contribution in [2.75, 3.05) is 6.61 Å². The highest BCUT2D eigenvalue weighted by Crippen LogP contribution is 2.73. The molecule has 3 fully saturated rings. The lowest BCUT2D eigenvalue weighted by atomic mass is 9.85. The lowest BCUT2D eigenvalue weighted by Gasteiger charge is -2.22. The van der Waals surface area contributed by atoms with E-state index in [0.717, 1.165) is 17.9 Å². The zero-order chi connectivity index (χ0) is 18.9. The van der Waals surface area contributed by atoms with Gasteiger partial charge in [0.2, 0.25) is 0 Å². The molecule has 2 bridgehead atoms. The molecule has 1 aliphatic heterocycles. The van der Waals surface area contributed by atoms with Crippen LogP contribution in [0.25, 0.3) is 0 Å². The Labute approximate surface area is 165 Å². The normalized spacial score (nSPS) is 31.6. The van der Waals surface area contributed by atoms with Crippen LogP contribution in [0, 0.1) is 29.1 Å². The molecule has 4 aliphatic rings. The molecule has 1 aromatic rings. The number of ether oxygens (including phenoxy) is 1. The molecule has 0 aromatic heterocycles. The molecule has 4 atom stereocenters. The molecule has 8 heteroatoms. The van der Waals surface area contributed by atoms with Crippen LogP contribution in [0.3, 0.4) is 0 Å². The molecular formula is C19H16Cl2N2O4. The van der Waals surface area contributed by atoms with Gasteiger partial charge in [0.25, 0.3) is 17.7 Å². The Kier molecular flexibility index (Phi) is 3.62. The molecule has 1 saturated heterocycles. The summed E-state index contributed by atoms with van der Waals surface area (Å²) in [5, 5.41) is 1.58. The Morgan fingerprint density at radius 3 is 2.30 bits per heavy atom.